The van der Waals surface area contributed by atoms with Gasteiger partial charge in [0.2, 0.25) is 5.91 Å². The quantitative estimate of drug-likeness (QED) is 0.329. The molecule has 100 valence electrons. The summed E-state index contributed by atoms with van der Waals surface area (Å²) in [5, 5.41) is 14.4. The van der Waals surface area contributed by atoms with Crippen LogP contribution in [-0.2, 0) is 11.3 Å². The van der Waals surface area contributed by atoms with Crippen LogP contribution in [0.1, 0.15) is 23.6 Å². The molecular weight excluding hydrogens is 250 g/mol. The van der Waals surface area contributed by atoms with Crippen molar-refractivity contribution in [1.29, 1.82) is 0 Å². The predicted octanol–water partition coefficient (Wildman–Crippen LogP) is 1.69. The summed E-state index contributed by atoms with van der Waals surface area (Å²) in [6.45, 7) is 6.21. The van der Waals surface area contributed by atoms with Crippen molar-refractivity contribution in [2.75, 3.05) is 0 Å². The summed E-state index contributed by atoms with van der Waals surface area (Å²) in [7, 11) is 0. The predicted molar refractivity (Wildman–Crippen MR) is 72.6 cm³/mol. The van der Waals surface area contributed by atoms with Gasteiger partial charge in [-0.2, -0.15) is 0 Å². The van der Waals surface area contributed by atoms with E-state index in [9.17, 15) is 4.79 Å². The molecule has 1 aromatic rings. The molecule has 0 radical (unpaired) electrons. The molecule has 1 atom stereocenters. The van der Waals surface area contributed by atoms with E-state index in [1.807, 2.05) is 32.9 Å². The molecule has 0 aliphatic rings. The van der Waals surface area contributed by atoms with Crippen molar-refractivity contribution in [2.45, 2.75) is 27.3 Å². The number of hydrogen-bond acceptors (Lipinski definition) is 4. The van der Waals surface area contributed by atoms with Crippen LogP contribution in [0.4, 0.5) is 0 Å². The SMILES string of the molecule is Cc1ccc(CNC(=O)C(C(N)=NO)C(C)C)s1. The fourth-order valence-electron chi connectivity index (χ4n) is 1.71. The van der Waals surface area contributed by atoms with Crippen molar-refractivity contribution in [3.63, 3.8) is 0 Å². The molecule has 1 amide bonds. The summed E-state index contributed by atoms with van der Waals surface area (Å²) >= 11 is 1.64. The molecule has 1 heterocycles. The molecular formula is C12H19N3O2S. The van der Waals surface area contributed by atoms with Gasteiger partial charge >= 0.3 is 0 Å². The Hall–Kier alpha value is -1.56. The lowest BCUT2D eigenvalue weighted by Gasteiger charge is -2.18. The highest BCUT2D eigenvalue weighted by Gasteiger charge is 2.26. The Balaban J connectivity index is 2.62. The fraction of sp³-hybridized carbons (Fsp3) is 0.500. The van der Waals surface area contributed by atoms with Gasteiger partial charge in [0.1, 0.15) is 5.92 Å². The molecule has 5 nitrogen and oxygen atoms in total. The number of rotatable bonds is 5. The van der Waals surface area contributed by atoms with Crippen molar-refractivity contribution < 1.29 is 10.0 Å². The number of nitrogens with one attached hydrogen (secondary N) is 1. The zero-order chi connectivity index (χ0) is 13.7. The number of nitrogens with two attached hydrogens (primary N) is 1. The van der Waals surface area contributed by atoms with E-state index in [2.05, 4.69) is 10.5 Å². The molecule has 0 aromatic carbocycles. The Kier molecular flexibility index (Phi) is 5.15. The molecule has 0 saturated carbocycles. The molecule has 0 aliphatic heterocycles. The maximum atomic E-state index is 12.0. The third kappa shape index (κ3) is 3.73. The largest absolute Gasteiger partial charge is 0.409 e. The normalized spacial score (nSPS) is 13.7. The highest BCUT2D eigenvalue weighted by atomic mass is 32.1. The van der Waals surface area contributed by atoms with Crippen LogP contribution in [0.25, 0.3) is 0 Å². The average Bonchev–Trinajstić information content (AvgIpc) is 2.72. The number of nitrogens with zero attached hydrogens (tertiary/aromatic N) is 1. The van der Waals surface area contributed by atoms with Gasteiger partial charge in [-0.3, -0.25) is 4.79 Å². The van der Waals surface area contributed by atoms with Crippen molar-refractivity contribution in [3.05, 3.63) is 21.9 Å². The summed E-state index contributed by atoms with van der Waals surface area (Å²) in [4.78, 5) is 14.3. The van der Waals surface area contributed by atoms with Crippen molar-refractivity contribution in [2.24, 2.45) is 22.7 Å². The van der Waals surface area contributed by atoms with Crippen molar-refractivity contribution in [1.82, 2.24) is 5.32 Å². The zero-order valence-electron chi connectivity index (χ0n) is 10.8. The maximum absolute atomic E-state index is 12.0. The van der Waals surface area contributed by atoms with Crippen LogP contribution in [-0.4, -0.2) is 17.0 Å². The van der Waals surface area contributed by atoms with Crippen LogP contribution in [0, 0.1) is 18.8 Å². The summed E-state index contributed by atoms with van der Waals surface area (Å²) < 4.78 is 0. The minimum absolute atomic E-state index is 0.0222. The molecule has 1 unspecified atom stereocenters. The summed E-state index contributed by atoms with van der Waals surface area (Å²) in [5.41, 5.74) is 5.53. The van der Waals surface area contributed by atoms with E-state index in [4.69, 9.17) is 10.9 Å². The van der Waals surface area contributed by atoms with Crippen LogP contribution in [0.2, 0.25) is 0 Å². The summed E-state index contributed by atoms with van der Waals surface area (Å²) in [6, 6.07) is 3.99. The Morgan fingerprint density at radius 2 is 2.22 bits per heavy atom. The second-order valence-electron chi connectivity index (χ2n) is 4.48. The third-order valence-corrected chi connectivity index (χ3v) is 3.62. The molecule has 6 heteroatoms. The number of aryl methyl sites for hydroxylation is 1. The van der Waals surface area contributed by atoms with Crippen LogP contribution < -0.4 is 11.1 Å². The van der Waals surface area contributed by atoms with Gasteiger partial charge in [-0.05, 0) is 25.0 Å². The molecule has 1 rings (SSSR count). The molecule has 0 spiro atoms. The van der Waals surface area contributed by atoms with Gasteiger partial charge in [-0.15, -0.1) is 11.3 Å². The zero-order valence-corrected chi connectivity index (χ0v) is 11.6. The van der Waals surface area contributed by atoms with Gasteiger partial charge < -0.3 is 16.3 Å². The van der Waals surface area contributed by atoms with Crippen LogP contribution in [0.3, 0.4) is 0 Å². The molecule has 1 aromatic heterocycles. The van der Waals surface area contributed by atoms with E-state index in [1.54, 1.807) is 11.3 Å². The van der Waals surface area contributed by atoms with E-state index < -0.39 is 5.92 Å². The first-order valence-electron chi connectivity index (χ1n) is 5.76. The smallest absolute Gasteiger partial charge is 0.231 e. The van der Waals surface area contributed by atoms with Gasteiger partial charge in [0, 0.05) is 9.75 Å². The summed E-state index contributed by atoms with van der Waals surface area (Å²) in [6.07, 6.45) is 0. The number of carbonyl (C=O) groups is 1. The Bertz CT molecular complexity index is 440. The first kappa shape index (κ1) is 14.5. The van der Waals surface area contributed by atoms with Crippen LogP contribution >= 0.6 is 11.3 Å². The van der Waals surface area contributed by atoms with Gasteiger partial charge in [-0.1, -0.05) is 19.0 Å². The Labute approximate surface area is 111 Å². The Morgan fingerprint density at radius 1 is 1.56 bits per heavy atom. The first-order chi connectivity index (χ1) is 8.45. The number of amidine groups is 1. The van der Waals surface area contributed by atoms with Gasteiger partial charge in [0.25, 0.3) is 0 Å². The second kappa shape index (κ2) is 6.39. The van der Waals surface area contributed by atoms with Crippen LogP contribution in [0.5, 0.6) is 0 Å². The molecule has 0 bridgehead atoms. The average molecular weight is 269 g/mol. The van der Waals surface area contributed by atoms with E-state index >= 15 is 0 Å². The van der Waals surface area contributed by atoms with E-state index in [-0.39, 0.29) is 17.7 Å². The molecule has 0 aliphatic carbocycles. The molecule has 0 saturated heterocycles. The van der Waals surface area contributed by atoms with Gasteiger partial charge in [0.15, 0.2) is 5.84 Å². The minimum atomic E-state index is -0.601. The van der Waals surface area contributed by atoms with Gasteiger partial charge in [0.05, 0.1) is 6.54 Å². The van der Waals surface area contributed by atoms with Crippen molar-refractivity contribution >= 4 is 23.1 Å². The number of thiophene rings is 1. The number of hydrogen-bond donors (Lipinski definition) is 3. The minimum Gasteiger partial charge on any atom is -0.409 e. The lowest BCUT2D eigenvalue weighted by molar-refractivity contribution is -0.124. The first-order valence-corrected chi connectivity index (χ1v) is 6.57. The van der Waals surface area contributed by atoms with Crippen molar-refractivity contribution in [3.8, 4) is 0 Å². The number of amides is 1. The standard InChI is InChI=1S/C12H19N3O2S/c1-7(2)10(11(13)15-17)12(16)14-6-9-5-4-8(3)18-9/h4-5,7,10,17H,6H2,1-3H3,(H2,13,15)(H,14,16). The second-order valence-corrected chi connectivity index (χ2v) is 5.85. The van der Waals surface area contributed by atoms with Gasteiger partial charge in [-0.25, -0.2) is 0 Å². The molecule has 4 N–H and O–H groups in total. The lowest BCUT2D eigenvalue weighted by atomic mass is 9.94. The molecule has 18 heavy (non-hydrogen) atoms. The summed E-state index contributed by atoms with van der Waals surface area (Å²) in [5.74, 6) is -0.891. The molecule has 0 fully saturated rings. The highest BCUT2D eigenvalue weighted by Crippen LogP contribution is 2.16. The number of oxime groups is 1. The maximum Gasteiger partial charge on any atom is 0.231 e. The highest BCUT2D eigenvalue weighted by molar-refractivity contribution is 7.11. The fourth-order valence-corrected chi connectivity index (χ4v) is 2.54. The van der Waals surface area contributed by atoms with E-state index in [0.29, 0.717) is 6.54 Å². The third-order valence-electron chi connectivity index (χ3n) is 2.62. The monoisotopic (exact) mass is 269 g/mol. The topological polar surface area (TPSA) is 87.7 Å². The van der Waals surface area contributed by atoms with Crippen LogP contribution in [0.15, 0.2) is 17.3 Å². The van der Waals surface area contributed by atoms with E-state index in [0.717, 1.165) is 4.88 Å². The lowest BCUT2D eigenvalue weighted by Crippen LogP contribution is -2.41. The number of carbonyl (C=O) groups excluding carboxylic acids is 1. The van der Waals surface area contributed by atoms with E-state index in [1.165, 1.54) is 4.88 Å². The Morgan fingerprint density at radius 3 is 2.67 bits per heavy atom.